The summed E-state index contributed by atoms with van der Waals surface area (Å²) in [6.07, 6.45) is 1.23. The number of nitro groups is 1. The summed E-state index contributed by atoms with van der Waals surface area (Å²) in [6.45, 7) is 0. The van der Waals surface area contributed by atoms with Gasteiger partial charge in [0.25, 0.3) is 17.5 Å². The van der Waals surface area contributed by atoms with Crippen LogP contribution in [0.5, 0.6) is 0 Å². The summed E-state index contributed by atoms with van der Waals surface area (Å²) >= 11 is 17.4. The van der Waals surface area contributed by atoms with Crippen LogP contribution in [-0.2, 0) is 9.59 Å². The van der Waals surface area contributed by atoms with Crippen molar-refractivity contribution in [2.45, 2.75) is 0 Å². The van der Waals surface area contributed by atoms with E-state index in [1.54, 1.807) is 18.2 Å². The summed E-state index contributed by atoms with van der Waals surface area (Å²) in [7, 11) is 0. The standard InChI is InChI=1S/C21H11Cl2N3O5S/c22-14-5-3-7-16(18(14)23)25-20(28)13(19(27)24-21(25)32)10-11-8-9-17(31-11)12-4-1-2-6-15(12)26(29)30/h1-10H,(H,24,27,32)/b13-10+. The monoisotopic (exact) mass is 487 g/mol. The highest BCUT2D eigenvalue weighted by molar-refractivity contribution is 7.80. The molecule has 32 heavy (non-hydrogen) atoms. The Hall–Kier alpha value is -3.53. The number of amides is 2. The van der Waals surface area contributed by atoms with E-state index in [-0.39, 0.29) is 49.2 Å². The van der Waals surface area contributed by atoms with Gasteiger partial charge in [0.1, 0.15) is 17.1 Å². The van der Waals surface area contributed by atoms with Crippen molar-refractivity contribution in [3.8, 4) is 11.3 Å². The van der Waals surface area contributed by atoms with Crippen LogP contribution in [0, 0.1) is 10.1 Å². The van der Waals surface area contributed by atoms with Crippen LogP contribution in [0.15, 0.2) is 64.6 Å². The lowest BCUT2D eigenvalue weighted by molar-refractivity contribution is -0.384. The van der Waals surface area contributed by atoms with E-state index in [9.17, 15) is 19.7 Å². The Balaban J connectivity index is 1.72. The zero-order chi connectivity index (χ0) is 23.0. The van der Waals surface area contributed by atoms with Crippen LogP contribution in [0.4, 0.5) is 11.4 Å². The van der Waals surface area contributed by atoms with E-state index in [0.29, 0.717) is 0 Å². The summed E-state index contributed by atoms with van der Waals surface area (Å²) in [5, 5.41) is 13.9. The second-order valence-corrected chi connectivity index (χ2v) is 7.68. The summed E-state index contributed by atoms with van der Waals surface area (Å²) < 4.78 is 5.66. The molecule has 3 aromatic rings. The Labute approximate surface area is 196 Å². The molecule has 0 spiro atoms. The first-order valence-electron chi connectivity index (χ1n) is 8.97. The molecule has 1 N–H and O–H groups in total. The molecule has 1 aliphatic heterocycles. The van der Waals surface area contributed by atoms with Crippen molar-refractivity contribution in [1.29, 1.82) is 0 Å². The first-order chi connectivity index (χ1) is 15.3. The topological polar surface area (TPSA) is 106 Å². The molecule has 4 rings (SSSR count). The Bertz CT molecular complexity index is 1330. The molecule has 1 saturated heterocycles. The molecule has 0 saturated carbocycles. The summed E-state index contributed by atoms with van der Waals surface area (Å²) in [4.78, 5) is 37.4. The molecule has 0 unspecified atom stereocenters. The maximum Gasteiger partial charge on any atom is 0.280 e. The number of nitro benzene ring substituents is 1. The Morgan fingerprint density at radius 2 is 1.81 bits per heavy atom. The number of hydrogen-bond donors (Lipinski definition) is 1. The number of furan rings is 1. The highest BCUT2D eigenvalue weighted by Gasteiger charge is 2.36. The lowest BCUT2D eigenvalue weighted by Gasteiger charge is -2.29. The van der Waals surface area contributed by atoms with Crippen molar-refractivity contribution in [3.05, 3.63) is 86.1 Å². The Kier molecular flexibility index (Phi) is 5.79. The van der Waals surface area contributed by atoms with Crippen molar-refractivity contribution >= 4 is 69.8 Å². The number of para-hydroxylation sites is 1. The third-order valence-electron chi connectivity index (χ3n) is 4.55. The first kappa shape index (κ1) is 21.7. The maximum absolute atomic E-state index is 13.1. The zero-order valence-corrected chi connectivity index (χ0v) is 18.2. The molecular formula is C21H11Cl2N3O5S. The minimum atomic E-state index is -0.730. The highest BCUT2D eigenvalue weighted by Crippen LogP contribution is 2.35. The smallest absolute Gasteiger partial charge is 0.280 e. The third-order valence-corrected chi connectivity index (χ3v) is 5.65. The number of anilines is 1. The molecule has 2 amide bonds. The number of halogens is 2. The van der Waals surface area contributed by atoms with Crippen LogP contribution >= 0.6 is 35.4 Å². The van der Waals surface area contributed by atoms with Crippen LogP contribution < -0.4 is 10.2 Å². The Morgan fingerprint density at radius 3 is 2.56 bits per heavy atom. The van der Waals surface area contributed by atoms with E-state index in [2.05, 4.69) is 5.32 Å². The first-order valence-corrected chi connectivity index (χ1v) is 10.1. The molecule has 1 aromatic heterocycles. The van der Waals surface area contributed by atoms with Gasteiger partial charge >= 0.3 is 0 Å². The van der Waals surface area contributed by atoms with E-state index >= 15 is 0 Å². The van der Waals surface area contributed by atoms with E-state index in [1.807, 2.05) is 0 Å². The van der Waals surface area contributed by atoms with Crippen molar-refractivity contribution in [2.75, 3.05) is 4.90 Å². The molecule has 8 nitrogen and oxygen atoms in total. The largest absolute Gasteiger partial charge is 0.456 e. The number of nitrogens with zero attached hydrogens (tertiary/aromatic N) is 2. The van der Waals surface area contributed by atoms with Crippen LogP contribution in [0.3, 0.4) is 0 Å². The molecule has 0 radical (unpaired) electrons. The minimum Gasteiger partial charge on any atom is -0.456 e. The molecule has 0 bridgehead atoms. The fourth-order valence-corrected chi connectivity index (χ4v) is 3.75. The van der Waals surface area contributed by atoms with Gasteiger partial charge in [0.2, 0.25) is 0 Å². The molecule has 1 fully saturated rings. The number of rotatable bonds is 4. The van der Waals surface area contributed by atoms with Crippen molar-refractivity contribution in [3.63, 3.8) is 0 Å². The normalized spacial score (nSPS) is 15.2. The second kappa shape index (κ2) is 8.54. The molecule has 2 heterocycles. The molecule has 2 aromatic carbocycles. The molecular weight excluding hydrogens is 477 g/mol. The average molecular weight is 488 g/mol. The van der Waals surface area contributed by atoms with E-state index < -0.39 is 16.7 Å². The predicted molar refractivity (Wildman–Crippen MR) is 123 cm³/mol. The van der Waals surface area contributed by atoms with Gasteiger partial charge in [-0.05, 0) is 48.6 Å². The van der Waals surface area contributed by atoms with E-state index in [4.69, 9.17) is 39.8 Å². The molecule has 160 valence electrons. The van der Waals surface area contributed by atoms with Gasteiger partial charge in [-0.3, -0.25) is 29.9 Å². The van der Waals surface area contributed by atoms with Gasteiger partial charge in [0.15, 0.2) is 5.11 Å². The average Bonchev–Trinajstić information content (AvgIpc) is 3.22. The van der Waals surface area contributed by atoms with Gasteiger partial charge in [-0.25, -0.2) is 0 Å². The number of hydrogen-bond acceptors (Lipinski definition) is 6. The predicted octanol–water partition coefficient (Wildman–Crippen LogP) is 4.99. The number of carbonyl (C=O) groups is 2. The highest BCUT2D eigenvalue weighted by atomic mass is 35.5. The number of carbonyl (C=O) groups excluding carboxylic acids is 2. The van der Waals surface area contributed by atoms with Crippen LogP contribution in [0.2, 0.25) is 10.0 Å². The number of benzene rings is 2. The van der Waals surface area contributed by atoms with E-state index in [0.717, 1.165) is 4.90 Å². The van der Waals surface area contributed by atoms with Crippen LogP contribution in [-0.4, -0.2) is 21.9 Å². The van der Waals surface area contributed by atoms with Gasteiger partial charge < -0.3 is 4.42 Å². The van der Waals surface area contributed by atoms with Gasteiger partial charge in [-0.2, -0.15) is 0 Å². The lowest BCUT2D eigenvalue weighted by atomic mass is 10.1. The fraction of sp³-hybridized carbons (Fsp3) is 0. The maximum atomic E-state index is 13.1. The lowest BCUT2D eigenvalue weighted by Crippen LogP contribution is -2.54. The van der Waals surface area contributed by atoms with Gasteiger partial charge in [0.05, 0.1) is 26.2 Å². The van der Waals surface area contributed by atoms with E-state index in [1.165, 1.54) is 42.5 Å². The second-order valence-electron chi connectivity index (χ2n) is 6.51. The summed E-state index contributed by atoms with van der Waals surface area (Å²) in [6, 6.07) is 13.7. The minimum absolute atomic E-state index is 0.0945. The SMILES string of the molecule is O=C1NC(=S)N(c2cccc(Cl)c2Cl)C(=O)/C1=C/c1ccc(-c2ccccc2[N+](=O)[O-])o1. The van der Waals surface area contributed by atoms with Crippen LogP contribution in [0.1, 0.15) is 5.76 Å². The van der Waals surface area contributed by atoms with Gasteiger partial charge in [-0.15, -0.1) is 0 Å². The quantitative estimate of drug-likeness (QED) is 0.182. The molecule has 0 atom stereocenters. The molecule has 1 aliphatic rings. The summed E-state index contributed by atoms with van der Waals surface area (Å²) in [5.74, 6) is -1.11. The van der Waals surface area contributed by atoms with Crippen LogP contribution in [0.25, 0.3) is 17.4 Å². The fourth-order valence-electron chi connectivity index (χ4n) is 3.10. The van der Waals surface area contributed by atoms with Crippen molar-refractivity contribution in [2.24, 2.45) is 0 Å². The third kappa shape index (κ3) is 3.89. The Morgan fingerprint density at radius 1 is 1.06 bits per heavy atom. The van der Waals surface area contributed by atoms with Gasteiger partial charge in [0, 0.05) is 6.07 Å². The molecule has 11 heteroatoms. The van der Waals surface area contributed by atoms with Crippen molar-refractivity contribution < 1.29 is 18.9 Å². The zero-order valence-electron chi connectivity index (χ0n) is 15.9. The number of nitrogens with one attached hydrogen (secondary N) is 1. The molecule has 0 aliphatic carbocycles. The summed E-state index contributed by atoms with van der Waals surface area (Å²) in [5.41, 5.74) is 0.0629. The number of thiocarbonyl (C=S) groups is 1. The van der Waals surface area contributed by atoms with Gasteiger partial charge in [-0.1, -0.05) is 41.4 Å². The van der Waals surface area contributed by atoms with Crippen molar-refractivity contribution in [1.82, 2.24) is 5.32 Å².